The molecule has 1 aliphatic heterocycles. The molecule has 0 unspecified atom stereocenters. The van der Waals surface area contributed by atoms with E-state index in [1.54, 1.807) is 24.9 Å². The van der Waals surface area contributed by atoms with Gasteiger partial charge in [0, 0.05) is 43.6 Å². The molecule has 118 valence electrons. The molecular weight excluding hydrogens is 280 g/mol. The van der Waals surface area contributed by atoms with E-state index in [0.717, 1.165) is 24.5 Å². The fourth-order valence-electron chi connectivity index (χ4n) is 2.99. The highest BCUT2D eigenvalue weighted by Crippen LogP contribution is 2.22. The molecule has 1 saturated heterocycles. The number of aromatic nitrogens is 5. The molecule has 3 rings (SSSR count). The van der Waals surface area contributed by atoms with Crippen molar-refractivity contribution < 1.29 is 5.11 Å². The molecule has 2 aromatic rings. The molecule has 0 aromatic carbocycles. The van der Waals surface area contributed by atoms with Crippen molar-refractivity contribution in [3.05, 3.63) is 36.4 Å². The average Bonchev–Trinajstić information content (AvgIpc) is 3.08. The van der Waals surface area contributed by atoms with Crippen LogP contribution in [0.2, 0.25) is 0 Å². The maximum Gasteiger partial charge on any atom is 0.147 e. The van der Waals surface area contributed by atoms with Crippen molar-refractivity contribution in [1.29, 1.82) is 0 Å². The Bertz CT molecular complexity index is 599. The van der Waals surface area contributed by atoms with E-state index in [4.69, 9.17) is 0 Å². The number of likely N-dealkylation sites (tertiary alicyclic amines) is 1. The molecule has 0 bridgehead atoms. The zero-order valence-electron chi connectivity index (χ0n) is 13.0. The predicted molar refractivity (Wildman–Crippen MR) is 80.9 cm³/mol. The number of aliphatic hydroxyl groups excluding tert-OH is 1. The average molecular weight is 302 g/mol. The van der Waals surface area contributed by atoms with Gasteiger partial charge in [-0.05, 0) is 20.3 Å². The maximum atomic E-state index is 10.3. The first kappa shape index (κ1) is 15.1. The van der Waals surface area contributed by atoms with E-state index >= 15 is 0 Å². The smallest absolute Gasteiger partial charge is 0.147 e. The third kappa shape index (κ3) is 3.31. The Balaban J connectivity index is 1.62. The van der Waals surface area contributed by atoms with Crippen LogP contribution in [0.4, 0.5) is 0 Å². The molecule has 22 heavy (non-hydrogen) atoms. The van der Waals surface area contributed by atoms with Crippen LogP contribution < -0.4 is 0 Å². The van der Waals surface area contributed by atoms with Crippen molar-refractivity contribution in [2.24, 2.45) is 5.92 Å². The molecule has 3 heterocycles. The van der Waals surface area contributed by atoms with E-state index in [1.807, 2.05) is 0 Å². The van der Waals surface area contributed by atoms with Crippen LogP contribution in [0, 0.1) is 5.92 Å². The van der Waals surface area contributed by atoms with E-state index in [-0.39, 0.29) is 12.0 Å². The first-order chi connectivity index (χ1) is 10.6. The van der Waals surface area contributed by atoms with Crippen LogP contribution in [-0.2, 0) is 13.0 Å². The molecule has 0 saturated carbocycles. The molecule has 0 radical (unpaired) electrons. The van der Waals surface area contributed by atoms with Gasteiger partial charge in [0.25, 0.3) is 0 Å². The van der Waals surface area contributed by atoms with E-state index < -0.39 is 0 Å². The van der Waals surface area contributed by atoms with Crippen molar-refractivity contribution in [2.75, 3.05) is 13.1 Å². The van der Waals surface area contributed by atoms with Gasteiger partial charge in [0.1, 0.15) is 12.2 Å². The Morgan fingerprint density at radius 2 is 2.18 bits per heavy atom. The van der Waals surface area contributed by atoms with Crippen LogP contribution in [0.5, 0.6) is 0 Å². The minimum Gasteiger partial charge on any atom is -0.391 e. The van der Waals surface area contributed by atoms with Gasteiger partial charge in [-0.2, -0.15) is 0 Å². The zero-order valence-corrected chi connectivity index (χ0v) is 13.0. The van der Waals surface area contributed by atoms with Gasteiger partial charge in [0.15, 0.2) is 0 Å². The molecule has 1 fully saturated rings. The van der Waals surface area contributed by atoms with E-state index in [0.29, 0.717) is 19.1 Å². The van der Waals surface area contributed by atoms with Crippen LogP contribution in [0.1, 0.15) is 31.4 Å². The summed E-state index contributed by atoms with van der Waals surface area (Å²) in [6, 6.07) is 0.341. The second-order valence-corrected chi connectivity index (χ2v) is 6.17. The summed E-state index contributed by atoms with van der Waals surface area (Å²) in [6.45, 7) is 6.44. The Labute approximate surface area is 130 Å². The van der Waals surface area contributed by atoms with Gasteiger partial charge in [-0.3, -0.25) is 14.9 Å². The summed E-state index contributed by atoms with van der Waals surface area (Å²) < 4.78 is 2.07. The van der Waals surface area contributed by atoms with Crippen LogP contribution in [0.3, 0.4) is 0 Å². The molecule has 2 atom stereocenters. The lowest BCUT2D eigenvalue weighted by Gasteiger charge is -2.17. The fraction of sp³-hybridized carbons (Fsp3) is 0.600. The van der Waals surface area contributed by atoms with Gasteiger partial charge in [-0.1, -0.05) is 0 Å². The molecule has 2 aromatic heterocycles. The van der Waals surface area contributed by atoms with Crippen molar-refractivity contribution in [1.82, 2.24) is 29.6 Å². The summed E-state index contributed by atoms with van der Waals surface area (Å²) in [5, 5.41) is 18.5. The van der Waals surface area contributed by atoms with Crippen molar-refractivity contribution in [3.63, 3.8) is 0 Å². The van der Waals surface area contributed by atoms with Gasteiger partial charge in [0.2, 0.25) is 0 Å². The third-order valence-electron chi connectivity index (χ3n) is 4.14. The lowest BCUT2D eigenvalue weighted by molar-refractivity contribution is 0.140. The second-order valence-electron chi connectivity index (χ2n) is 6.17. The Hall–Kier alpha value is -1.86. The number of nitrogens with zero attached hydrogens (tertiary/aromatic N) is 6. The lowest BCUT2D eigenvalue weighted by Crippen LogP contribution is -2.24. The van der Waals surface area contributed by atoms with E-state index in [1.165, 1.54) is 0 Å². The number of rotatable bonds is 5. The molecule has 7 nitrogen and oxygen atoms in total. The number of β-amino-alcohol motifs (C(OH)–C–C–N with tert-alkyl or cyclic N) is 1. The highest BCUT2D eigenvalue weighted by molar-refractivity contribution is 5.00. The van der Waals surface area contributed by atoms with Gasteiger partial charge < -0.3 is 9.67 Å². The fourth-order valence-corrected chi connectivity index (χ4v) is 2.99. The molecule has 1 N–H and O–H groups in total. The first-order valence-electron chi connectivity index (χ1n) is 7.67. The largest absolute Gasteiger partial charge is 0.391 e. The monoisotopic (exact) mass is 302 g/mol. The summed E-state index contributed by atoms with van der Waals surface area (Å²) in [5.41, 5.74) is 0.929. The zero-order chi connectivity index (χ0) is 15.5. The molecule has 7 heteroatoms. The van der Waals surface area contributed by atoms with E-state index in [2.05, 4.69) is 43.5 Å². The van der Waals surface area contributed by atoms with Gasteiger partial charge >= 0.3 is 0 Å². The summed E-state index contributed by atoms with van der Waals surface area (Å²) in [6.07, 6.45) is 7.31. The van der Waals surface area contributed by atoms with Crippen molar-refractivity contribution in [2.45, 2.75) is 39.0 Å². The normalized spacial score (nSPS) is 22.5. The quantitative estimate of drug-likeness (QED) is 0.875. The summed E-state index contributed by atoms with van der Waals surface area (Å²) in [7, 11) is 0. The minimum absolute atomic E-state index is 0.187. The Morgan fingerprint density at radius 3 is 2.91 bits per heavy atom. The molecule has 0 aliphatic carbocycles. The van der Waals surface area contributed by atoms with Crippen LogP contribution in [0.25, 0.3) is 0 Å². The van der Waals surface area contributed by atoms with E-state index in [9.17, 15) is 5.11 Å². The Morgan fingerprint density at radius 1 is 1.32 bits per heavy atom. The van der Waals surface area contributed by atoms with Crippen molar-refractivity contribution >= 4 is 0 Å². The van der Waals surface area contributed by atoms with Crippen LogP contribution in [-0.4, -0.2) is 53.9 Å². The third-order valence-corrected chi connectivity index (χ3v) is 4.14. The first-order valence-corrected chi connectivity index (χ1v) is 7.67. The number of hydrogen-bond acceptors (Lipinski definition) is 6. The van der Waals surface area contributed by atoms with Crippen molar-refractivity contribution in [3.8, 4) is 0 Å². The lowest BCUT2D eigenvalue weighted by atomic mass is 10.0. The Kier molecular flexibility index (Phi) is 4.44. The minimum atomic E-state index is -0.336. The topological polar surface area (TPSA) is 80.0 Å². The summed E-state index contributed by atoms with van der Waals surface area (Å²) in [4.78, 5) is 10.6. The van der Waals surface area contributed by atoms with Crippen LogP contribution in [0.15, 0.2) is 24.9 Å². The van der Waals surface area contributed by atoms with Gasteiger partial charge in [-0.25, -0.2) is 0 Å². The highest BCUT2D eigenvalue weighted by atomic mass is 16.3. The van der Waals surface area contributed by atoms with Gasteiger partial charge in [-0.15, -0.1) is 10.2 Å². The molecular formula is C15H22N6O. The van der Waals surface area contributed by atoms with Crippen LogP contribution >= 0.6 is 0 Å². The second kappa shape index (κ2) is 6.50. The highest BCUT2D eigenvalue weighted by Gasteiger charge is 2.32. The molecule has 0 spiro atoms. The standard InChI is InChI=1S/C15H22N6O/c1-11(2)21-10-18-19-15(21)9-20-7-12(14(22)8-20)5-13-6-16-3-4-17-13/h3-4,6,10-12,14,22H,5,7-9H2,1-2H3/t12-,14-/m1/s1. The predicted octanol–water partition coefficient (Wildman–Crippen LogP) is 0.684. The maximum absolute atomic E-state index is 10.3. The number of aliphatic hydroxyl groups is 1. The number of hydrogen-bond donors (Lipinski definition) is 1. The molecule has 0 amide bonds. The van der Waals surface area contributed by atoms with Gasteiger partial charge in [0.05, 0.1) is 18.3 Å². The summed E-state index contributed by atoms with van der Waals surface area (Å²) >= 11 is 0. The molecule has 1 aliphatic rings. The summed E-state index contributed by atoms with van der Waals surface area (Å²) in [5.74, 6) is 1.13. The SMILES string of the molecule is CC(C)n1cnnc1CN1C[C@@H](Cc2cnccn2)[C@H](O)C1.